The fraction of sp³-hybridized carbons (Fsp3) is 0.615. The van der Waals surface area contributed by atoms with Crippen molar-refractivity contribution in [3.05, 3.63) is 24.2 Å². The Morgan fingerprint density at radius 1 is 1.37 bits per heavy atom. The number of hydrogen-bond acceptors (Lipinski definition) is 2. The maximum Gasteiger partial charge on any atom is 0.389 e. The second-order valence-corrected chi connectivity index (χ2v) is 5.50. The van der Waals surface area contributed by atoms with E-state index >= 15 is 0 Å². The van der Waals surface area contributed by atoms with Gasteiger partial charge in [-0.2, -0.15) is 13.2 Å². The predicted octanol–water partition coefficient (Wildman–Crippen LogP) is 3.83. The monoisotopic (exact) mass is 277 g/mol. The van der Waals surface area contributed by atoms with Gasteiger partial charge >= 0.3 is 6.18 Å². The number of carbonyl (C=O) groups excluding carboxylic acids is 1. The Kier molecular flexibility index (Phi) is 4.66. The molecule has 6 heteroatoms. The molecule has 0 aliphatic heterocycles. The maximum atomic E-state index is 12.1. The molecule has 0 aliphatic carbocycles. The number of rotatable bonds is 4. The largest absolute Gasteiger partial charge is 0.467 e. The first-order valence-electron chi connectivity index (χ1n) is 5.99. The van der Waals surface area contributed by atoms with Gasteiger partial charge in [-0.3, -0.25) is 4.79 Å². The summed E-state index contributed by atoms with van der Waals surface area (Å²) in [5.41, 5.74) is -0.355. The molecule has 19 heavy (non-hydrogen) atoms. The molecule has 1 rings (SSSR count). The molecule has 1 N–H and O–H groups in total. The van der Waals surface area contributed by atoms with Crippen molar-refractivity contribution >= 4 is 5.91 Å². The summed E-state index contributed by atoms with van der Waals surface area (Å²) in [5, 5.41) is 2.60. The highest BCUT2D eigenvalue weighted by atomic mass is 19.4. The maximum absolute atomic E-state index is 12.1. The Balaban J connectivity index is 2.67. The van der Waals surface area contributed by atoms with Gasteiger partial charge in [0.25, 0.3) is 0 Å². The van der Waals surface area contributed by atoms with Crippen molar-refractivity contribution in [2.45, 2.75) is 45.8 Å². The number of nitrogens with one attached hydrogen (secondary N) is 1. The van der Waals surface area contributed by atoms with Crippen molar-refractivity contribution in [1.29, 1.82) is 0 Å². The van der Waals surface area contributed by atoms with E-state index in [0.29, 0.717) is 5.76 Å². The Morgan fingerprint density at radius 2 is 2.00 bits per heavy atom. The third kappa shape index (κ3) is 5.36. The summed E-state index contributed by atoms with van der Waals surface area (Å²) in [5.74, 6) is -0.0958. The van der Waals surface area contributed by atoms with E-state index in [1.807, 2.05) is 20.8 Å². The van der Waals surface area contributed by atoms with Crippen LogP contribution in [0.1, 0.15) is 45.4 Å². The van der Waals surface area contributed by atoms with Crippen molar-refractivity contribution in [3.8, 4) is 0 Å². The van der Waals surface area contributed by atoms with Crippen molar-refractivity contribution in [2.75, 3.05) is 0 Å². The predicted molar refractivity (Wildman–Crippen MR) is 64.3 cm³/mol. The Labute approximate surface area is 110 Å². The van der Waals surface area contributed by atoms with E-state index in [9.17, 15) is 18.0 Å². The molecule has 0 unspecified atom stereocenters. The lowest BCUT2D eigenvalue weighted by atomic mass is 9.85. The van der Waals surface area contributed by atoms with Crippen LogP contribution in [0.25, 0.3) is 0 Å². The molecule has 0 aliphatic rings. The Hall–Kier alpha value is -1.46. The zero-order valence-electron chi connectivity index (χ0n) is 11.2. The van der Waals surface area contributed by atoms with Gasteiger partial charge in [-0.1, -0.05) is 20.8 Å². The first kappa shape index (κ1) is 15.6. The van der Waals surface area contributed by atoms with E-state index in [-0.39, 0.29) is 5.41 Å². The van der Waals surface area contributed by atoms with Crippen LogP contribution in [0.5, 0.6) is 0 Å². The number of amides is 1. The highest BCUT2D eigenvalue weighted by molar-refractivity contribution is 5.76. The van der Waals surface area contributed by atoms with E-state index in [4.69, 9.17) is 4.42 Å². The molecule has 3 nitrogen and oxygen atoms in total. The summed E-state index contributed by atoms with van der Waals surface area (Å²) in [7, 11) is 0. The first-order valence-corrected chi connectivity index (χ1v) is 5.99. The molecule has 0 saturated heterocycles. The standard InChI is InChI=1S/C13H18F3NO2/c1-12(2,3)11(9-5-4-8-19-9)17-10(18)6-7-13(14,15)16/h4-5,8,11H,6-7H2,1-3H3,(H,17,18)/t11-/m0/s1. The molecule has 0 bridgehead atoms. The van der Waals surface area contributed by atoms with Gasteiger partial charge < -0.3 is 9.73 Å². The lowest BCUT2D eigenvalue weighted by Gasteiger charge is -2.30. The number of hydrogen-bond donors (Lipinski definition) is 1. The molecular formula is C13H18F3NO2. The minimum atomic E-state index is -4.32. The van der Waals surface area contributed by atoms with E-state index in [2.05, 4.69) is 5.32 Å². The van der Waals surface area contributed by atoms with Crippen LogP contribution in [0.4, 0.5) is 13.2 Å². The van der Waals surface area contributed by atoms with Gasteiger partial charge in [-0.05, 0) is 17.5 Å². The molecule has 0 saturated carbocycles. The van der Waals surface area contributed by atoms with Gasteiger partial charge in [0.15, 0.2) is 0 Å². The Morgan fingerprint density at radius 3 is 2.42 bits per heavy atom. The second kappa shape index (κ2) is 5.67. The van der Waals surface area contributed by atoms with Crippen LogP contribution in [0.2, 0.25) is 0 Å². The van der Waals surface area contributed by atoms with Crippen molar-refractivity contribution in [2.24, 2.45) is 5.41 Å². The SMILES string of the molecule is CC(C)(C)[C@@H](NC(=O)CCC(F)(F)F)c1ccco1. The Bertz CT molecular complexity index is 405. The van der Waals surface area contributed by atoms with E-state index < -0.39 is 31.0 Å². The summed E-state index contributed by atoms with van der Waals surface area (Å²) in [4.78, 5) is 11.6. The van der Waals surface area contributed by atoms with Crippen LogP contribution in [-0.2, 0) is 4.79 Å². The quantitative estimate of drug-likeness (QED) is 0.909. The molecule has 1 heterocycles. The van der Waals surface area contributed by atoms with Gasteiger partial charge in [0.1, 0.15) is 5.76 Å². The van der Waals surface area contributed by atoms with Crippen LogP contribution in [-0.4, -0.2) is 12.1 Å². The van der Waals surface area contributed by atoms with E-state index in [1.54, 1.807) is 12.1 Å². The smallest absolute Gasteiger partial charge is 0.389 e. The molecule has 1 atom stereocenters. The molecular weight excluding hydrogens is 259 g/mol. The van der Waals surface area contributed by atoms with Crippen molar-refractivity contribution in [1.82, 2.24) is 5.32 Å². The molecule has 0 spiro atoms. The molecule has 0 fully saturated rings. The number of halogens is 3. The van der Waals surface area contributed by atoms with Gasteiger partial charge in [-0.25, -0.2) is 0 Å². The van der Waals surface area contributed by atoms with Crippen LogP contribution < -0.4 is 5.32 Å². The summed E-state index contributed by atoms with van der Waals surface area (Å²) >= 11 is 0. The van der Waals surface area contributed by atoms with Crippen LogP contribution in [0.3, 0.4) is 0 Å². The molecule has 1 aromatic heterocycles. The summed E-state index contributed by atoms with van der Waals surface area (Å²) < 4.78 is 41.4. The minimum Gasteiger partial charge on any atom is -0.467 e. The number of alkyl halides is 3. The molecule has 1 aromatic rings. The minimum absolute atomic E-state index is 0.355. The summed E-state index contributed by atoms with van der Waals surface area (Å²) in [6.07, 6.45) is -4.54. The van der Waals surface area contributed by atoms with Crippen LogP contribution >= 0.6 is 0 Å². The zero-order chi connectivity index (χ0) is 14.7. The van der Waals surface area contributed by atoms with Gasteiger partial charge in [0, 0.05) is 6.42 Å². The average Bonchev–Trinajstić information content (AvgIpc) is 2.73. The lowest BCUT2D eigenvalue weighted by Crippen LogP contribution is -2.36. The lowest BCUT2D eigenvalue weighted by molar-refractivity contribution is -0.144. The second-order valence-electron chi connectivity index (χ2n) is 5.50. The molecule has 0 aromatic carbocycles. The first-order chi connectivity index (χ1) is 8.59. The average molecular weight is 277 g/mol. The van der Waals surface area contributed by atoms with Crippen molar-refractivity contribution in [3.63, 3.8) is 0 Å². The van der Waals surface area contributed by atoms with Gasteiger partial charge in [0.05, 0.1) is 18.7 Å². The zero-order valence-corrected chi connectivity index (χ0v) is 11.2. The topological polar surface area (TPSA) is 42.2 Å². The fourth-order valence-corrected chi connectivity index (χ4v) is 1.66. The number of furan rings is 1. The highest BCUT2D eigenvalue weighted by Gasteiger charge is 2.32. The molecule has 0 radical (unpaired) electrons. The van der Waals surface area contributed by atoms with Gasteiger partial charge in [-0.15, -0.1) is 0 Å². The third-order valence-electron chi connectivity index (χ3n) is 2.63. The van der Waals surface area contributed by atoms with Crippen LogP contribution in [0, 0.1) is 5.41 Å². The highest BCUT2D eigenvalue weighted by Crippen LogP contribution is 2.33. The van der Waals surface area contributed by atoms with Crippen molar-refractivity contribution < 1.29 is 22.4 Å². The van der Waals surface area contributed by atoms with Crippen LogP contribution in [0.15, 0.2) is 22.8 Å². The molecule has 1 amide bonds. The third-order valence-corrected chi connectivity index (χ3v) is 2.63. The summed E-state index contributed by atoms with van der Waals surface area (Å²) in [6.45, 7) is 5.64. The van der Waals surface area contributed by atoms with E-state index in [1.165, 1.54) is 6.26 Å². The molecule has 108 valence electrons. The summed E-state index contributed by atoms with van der Waals surface area (Å²) in [6, 6.07) is 2.92. The van der Waals surface area contributed by atoms with E-state index in [0.717, 1.165) is 0 Å². The number of carbonyl (C=O) groups is 1. The normalized spacial score (nSPS) is 14.2. The fourth-order valence-electron chi connectivity index (χ4n) is 1.66. The van der Waals surface area contributed by atoms with Gasteiger partial charge in [0.2, 0.25) is 5.91 Å².